The first-order chi connectivity index (χ1) is 16.8. The summed E-state index contributed by atoms with van der Waals surface area (Å²) in [6.45, 7) is 5.04. The Bertz CT molecular complexity index is 1440. The lowest BCUT2D eigenvalue weighted by Crippen LogP contribution is -2.23. The van der Waals surface area contributed by atoms with Crippen molar-refractivity contribution in [2.45, 2.75) is 40.0 Å². The van der Waals surface area contributed by atoms with E-state index in [0.717, 1.165) is 11.4 Å². The molecular formula is C24H25N7O4. The number of esters is 1. The zero-order valence-corrected chi connectivity index (χ0v) is 19.7. The topological polar surface area (TPSA) is 145 Å². The number of nitrogens with one attached hydrogen (secondary N) is 2. The van der Waals surface area contributed by atoms with Crippen LogP contribution in [0.5, 0.6) is 0 Å². The standard InChI is InChI=1S/C24H25N7O4/c1-14-11-15(2)26-24(25-14)31-20(12-16(3)30-31)29-21(32)13-35-22(33)10-6-9-19-27-18-8-5-4-7-17(18)23(34)28-19/h4-5,7-8,11-12H,6,9-10,13H2,1-3H3,(H,29,32)(H,27,28,34). The summed E-state index contributed by atoms with van der Waals surface area (Å²) in [4.78, 5) is 52.5. The maximum absolute atomic E-state index is 12.4. The molecule has 35 heavy (non-hydrogen) atoms. The largest absolute Gasteiger partial charge is 0.456 e. The second-order valence-electron chi connectivity index (χ2n) is 8.13. The quantitative estimate of drug-likeness (QED) is 0.369. The minimum Gasteiger partial charge on any atom is -0.456 e. The zero-order chi connectivity index (χ0) is 24.9. The SMILES string of the molecule is Cc1cc(C)nc(-n2nc(C)cc2NC(=O)COC(=O)CCCc2nc3ccccc3c(=O)[nH]2)n1. The molecule has 2 N–H and O–H groups in total. The Labute approximate surface area is 200 Å². The molecule has 3 aromatic heterocycles. The van der Waals surface area contributed by atoms with Crippen molar-refractivity contribution in [1.29, 1.82) is 0 Å². The highest BCUT2D eigenvalue weighted by molar-refractivity contribution is 5.92. The number of rotatable bonds is 8. The van der Waals surface area contributed by atoms with Crippen molar-refractivity contribution in [3.8, 4) is 5.95 Å². The molecule has 180 valence electrons. The van der Waals surface area contributed by atoms with Crippen molar-refractivity contribution in [2.24, 2.45) is 0 Å². The molecule has 0 fully saturated rings. The van der Waals surface area contributed by atoms with E-state index >= 15 is 0 Å². The number of amides is 1. The summed E-state index contributed by atoms with van der Waals surface area (Å²) in [6.07, 6.45) is 0.894. The number of benzene rings is 1. The number of carbonyl (C=O) groups excluding carboxylic acids is 2. The number of aromatic amines is 1. The van der Waals surface area contributed by atoms with Gasteiger partial charge in [0.15, 0.2) is 6.61 Å². The molecule has 0 aliphatic rings. The van der Waals surface area contributed by atoms with Crippen LogP contribution in [0.25, 0.3) is 16.9 Å². The minimum absolute atomic E-state index is 0.0806. The van der Waals surface area contributed by atoms with Gasteiger partial charge in [0.2, 0.25) is 0 Å². The maximum Gasteiger partial charge on any atom is 0.306 e. The van der Waals surface area contributed by atoms with E-state index < -0.39 is 18.5 Å². The Morgan fingerprint density at radius 3 is 2.54 bits per heavy atom. The Morgan fingerprint density at radius 2 is 1.77 bits per heavy atom. The molecule has 11 heteroatoms. The number of para-hydroxylation sites is 1. The fourth-order valence-electron chi connectivity index (χ4n) is 3.59. The van der Waals surface area contributed by atoms with Crippen LogP contribution >= 0.6 is 0 Å². The normalized spacial score (nSPS) is 10.9. The van der Waals surface area contributed by atoms with Crippen molar-refractivity contribution in [3.63, 3.8) is 0 Å². The average Bonchev–Trinajstić information content (AvgIpc) is 3.17. The third-order valence-electron chi connectivity index (χ3n) is 5.08. The number of hydrogen-bond acceptors (Lipinski definition) is 8. The van der Waals surface area contributed by atoms with Gasteiger partial charge in [0, 0.05) is 30.3 Å². The molecule has 0 aliphatic heterocycles. The van der Waals surface area contributed by atoms with Gasteiger partial charge in [0.05, 0.1) is 16.6 Å². The van der Waals surface area contributed by atoms with E-state index in [1.807, 2.05) is 26.0 Å². The van der Waals surface area contributed by atoms with Gasteiger partial charge in [-0.2, -0.15) is 9.78 Å². The monoisotopic (exact) mass is 475 g/mol. The second kappa shape index (κ2) is 10.2. The van der Waals surface area contributed by atoms with Crippen molar-refractivity contribution >= 4 is 28.6 Å². The van der Waals surface area contributed by atoms with Gasteiger partial charge < -0.3 is 15.0 Å². The number of carbonyl (C=O) groups is 2. The van der Waals surface area contributed by atoms with Crippen LogP contribution in [0.3, 0.4) is 0 Å². The van der Waals surface area contributed by atoms with Crippen LogP contribution in [-0.2, 0) is 20.7 Å². The zero-order valence-electron chi connectivity index (χ0n) is 19.7. The number of H-pyrrole nitrogens is 1. The smallest absolute Gasteiger partial charge is 0.306 e. The molecule has 0 saturated heterocycles. The van der Waals surface area contributed by atoms with Gasteiger partial charge in [-0.25, -0.2) is 15.0 Å². The Morgan fingerprint density at radius 1 is 1.03 bits per heavy atom. The molecule has 1 aromatic carbocycles. The summed E-state index contributed by atoms with van der Waals surface area (Å²) in [6, 6.07) is 10.6. The third-order valence-corrected chi connectivity index (χ3v) is 5.08. The fraction of sp³-hybridized carbons (Fsp3) is 0.292. The van der Waals surface area contributed by atoms with Crippen molar-refractivity contribution in [3.05, 3.63) is 69.7 Å². The number of fused-ring (bicyclic) bond motifs is 1. The van der Waals surface area contributed by atoms with Gasteiger partial charge in [-0.3, -0.25) is 14.4 Å². The Kier molecular flexibility index (Phi) is 6.95. The van der Waals surface area contributed by atoms with Crippen molar-refractivity contribution in [1.82, 2.24) is 29.7 Å². The van der Waals surface area contributed by atoms with Crippen LogP contribution in [0.4, 0.5) is 5.82 Å². The molecular weight excluding hydrogens is 450 g/mol. The van der Waals surface area contributed by atoms with Crippen LogP contribution in [-0.4, -0.2) is 48.2 Å². The van der Waals surface area contributed by atoms with Gasteiger partial charge in [-0.15, -0.1) is 0 Å². The fourth-order valence-corrected chi connectivity index (χ4v) is 3.59. The predicted octanol–water partition coefficient (Wildman–Crippen LogP) is 2.33. The number of anilines is 1. The summed E-state index contributed by atoms with van der Waals surface area (Å²) in [5.41, 5.74) is 2.60. The van der Waals surface area contributed by atoms with Gasteiger partial charge in [0.1, 0.15) is 11.6 Å². The number of nitrogens with zero attached hydrogens (tertiary/aromatic N) is 5. The first-order valence-corrected chi connectivity index (χ1v) is 11.1. The average molecular weight is 476 g/mol. The van der Waals surface area contributed by atoms with E-state index in [1.54, 1.807) is 31.2 Å². The molecule has 1 amide bonds. The van der Waals surface area contributed by atoms with Gasteiger partial charge >= 0.3 is 5.97 Å². The lowest BCUT2D eigenvalue weighted by molar-refractivity contribution is -0.147. The van der Waals surface area contributed by atoms with Crippen LogP contribution in [0.15, 0.2) is 41.2 Å². The number of aryl methyl sites for hydroxylation is 4. The summed E-state index contributed by atoms with van der Waals surface area (Å²) >= 11 is 0. The van der Waals surface area contributed by atoms with Crippen molar-refractivity contribution < 1.29 is 14.3 Å². The molecule has 0 saturated carbocycles. The molecule has 0 spiro atoms. The summed E-state index contributed by atoms with van der Waals surface area (Å²) in [5, 5.41) is 7.54. The van der Waals surface area contributed by atoms with Crippen LogP contribution < -0.4 is 10.9 Å². The van der Waals surface area contributed by atoms with Crippen LogP contribution in [0.2, 0.25) is 0 Å². The van der Waals surface area contributed by atoms with E-state index in [4.69, 9.17) is 4.74 Å². The summed E-state index contributed by atoms with van der Waals surface area (Å²) in [7, 11) is 0. The molecule has 4 aromatic rings. The lowest BCUT2D eigenvalue weighted by Gasteiger charge is -2.09. The predicted molar refractivity (Wildman–Crippen MR) is 128 cm³/mol. The first kappa shape index (κ1) is 23.7. The van der Waals surface area contributed by atoms with E-state index in [1.165, 1.54) is 4.68 Å². The minimum atomic E-state index is -0.523. The molecule has 0 aliphatic carbocycles. The van der Waals surface area contributed by atoms with Gasteiger partial charge in [-0.1, -0.05) is 12.1 Å². The Balaban J connectivity index is 1.29. The van der Waals surface area contributed by atoms with Crippen LogP contribution in [0, 0.1) is 20.8 Å². The second-order valence-corrected chi connectivity index (χ2v) is 8.13. The number of ether oxygens (including phenoxy) is 1. The van der Waals surface area contributed by atoms with Crippen molar-refractivity contribution in [2.75, 3.05) is 11.9 Å². The maximum atomic E-state index is 12.4. The van der Waals surface area contributed by atoms with E-state index in [0.29, 0.717) is 47.0 Å². The molecule has 4 rings (SSSR count). The number of aromatic nitrogens is 6. The lowest BCUT2D eigenvalue weighted by atomic mass is 10.2. The van der Waals surface area contributed by atoms with E-state index in [-0.39, 0.29) is 12.0 Å². The van der Waals surface area contributed by atoms with Gasteiger partial charge in [-0.05, 0) is 45.4 Å². The Hall–Kier alpha value is -4.41. The third kappa shape index (κ3) is 5.94. The molecule has 3 heterocycles. The highest BCUT2D eigenvalue weighted by Crippen LogP contribution is 2.15. The summed E-state index contributed by atoms with van der Waals surface area (Å²) in [5.74, 6) is 0.176. The van der Waals surface area contributed by atoms with E-state index in [9.17, 15) is 14.4 Å². The molecule has 0 radical (unpaired) electrons. The van der Waals surface area contributed by atoms with Gasteiger partial charge in [0.25, 0.3) is 17.4 Å². The molecule has 0 atom stereocenters. The molecule has 11 nitrogen and oxygen atoms in total. The molecule has 0 unspecified atom stereocenters. The highest BCUT2D eigenvalue weighted by atomic mass is 16.5. The summed E-state index contributed by atoms with van der Waals surface area (Å²) < 4.78 is 6.53. The number of hydrogen-bond donors (Lipinski definition) is 2. The van der Waals surface area contributed by atoms with Crippen LogP contribution in [0.1, 0.15) is 35.7 Å². The first-order valence-electron chi connectivity index (χ1n) is 11.1. The highest BCUT2D eigenvalue weighted by Gasteiger charge is 2.15. The molecule has 0 bridgehead atoms. The van der Waals surface area contributed by atoms with E-state index in [2.05, 4.69) is 30.4 Å².